The van der Waals surface area contributed by atoms with Crippen LogP contribution < -0.4 is 0 Å². The standard InChI is InChI=1S/3C43H27N3/c1-2-13-31(14-3-1)41-44-42(33-26-23-28-11-4-5-15-32(28)27-33)46-43(45-41)39-22-10-18-35-36(19-9-20-37(35)39)38-21-8-16-30-25-24-29-12-6-7-17-34(29)40(30)38;1-2-13-29(14-3-1)41-44-42(32-25-24-28-12-4-5-15-30(28)26-32)46-43(45-41)39-23-11-20-35-36(39)21-10-22-38(35)40-27-31-16-6-7-17-33(31)34-18-8-9-19-37(34)40;1-2-12-29(13-3-1)41-44-42(34-22-21-28-11-4-5-14-30(28)25-34)46-43(45-41)39-20-10-16-31-26-33(23-24-36(31)39)40-27-32-15-6-7-17-35(32)37-18-8-9-19-38(37)40/h3*1-27H. The number of hydrogen-bond acceptors (Lipinski definition) is 9. The summed E-state index contributed by atoms with van der Waals surface area (Å²) in [4.78, 5) is 45.5. The second-order valence-corrected chi connectivity index (χ2v) is 34.9. The molecule has 27 rings (SSSR count). The fourth-order valence-corrected chi connectivity index (χ4v) is 20.0. The van der Waals surface area contributed by atoms with Gasteiger partial charge in [-0.1, -0.05) is 455 Å². The molecule has 0 atom stereocenters. The van der Waals surface area contributed by atoms with Crippen molar-refractivity contribution in [1.29, 1.82) is 0 Å². The first-order valence-electron chi connectivity index (χ1n) is 46.6. The maximum atomic E-state index is 5.13. The third-order valence-corrected chi connectivity index (χ3v) is 26.7. The Morgan fingerprint density at radius 3 is 0.783 bits per heavy atom. The minimum Gasteiger partial charge on any atom is -0.208 e. The van der Waals surface area contributed by atoms with Gasteiger partial charge in [0.2, 0.25) is 0 Å². The van der Waals surface area contributed by atoms with Gasteiger partial charge in [0.1, 0.15) is 0 Å². The van der Waals surface area contributed by atoms with E-state index < -0.39 is 0 Å². The van der Waals surface area contributed by atoms with Crippen LogP contribution in [0.3, 0.4) is 0 Å². The third kappa shape index (κ3) is 15.3. The fourth-order valence-electron chi connectivity index (χ4n) is 20.0. The van der Waals surface area contributed by atoms with Crippen LogP contribution in [0.4, 0.5) is 0 Å². The Morgan fingerprint density at radius 1 is 0.0942 bits per heavy atom. The highest BCUT2D eigenvalue weighted by molar-refractivity contribution is 6.20. The van der Waals surface area contributed by atoms with E-state index in [2.05, 4.69) is 425 Å². The highest BCUT2D eigenvalue weighted by Gasteiger charge is 2.23. The van der Waals surface area contributed by atoms with Gasteiger partial charge in [-0.25, -0.2) is 44.9 Å². The molecule has 0 saturated carbocycles. The van der Waals surface area contributed by atoms with Crippen LogP contribution in [0.15, 0.2) is 491 Å². The molecule has 0 fully saturated rings. The third-order valence-electron chi connectivity index (χ3n) is 26.7. The molecule has 3 aromatic heterocycles. The Labute approximate surface area is 795 Å². The maximum absolute atomic E-state index is 5.13. The van der Waals surface area contributed by atoms with Crippen molar-refractivity contribution in [2.75, 3.05) is 0 Å². The van der Waals surface area contributed by atoms with Gasteiger partial charge in [0.05, 0.1) is 0 Å². The predicted octanol–water partition coefficient (Wildman–Crippen LogP) is 33.5. The van der Waals surface area contributed by atoms with E-state index in [-0.39, 0.29) is 0 Å². The van der Waals surface area contributed by atoms with Gasteiger partial charge in [0.15, 0.2) is 52.4 Å². The van der Waals surface area contributed by atoms with Crippen molar-refractivity contribution >= 4 is 129 Å². The van der Waals surface area contributed by atoms with Gasteiger partial charge in [0, 0.05) is 50.1 Å². The number of hydrogen-bond donors (Lipinski definition) is 0. The van der Waals surface area contributed by atoms with Crippen molar-refractivity contribution in [3.63, 3.8) is 0 Å². The summed E-state index contributed by atoms with van der Waals surface area (Å²) in [6.07, 6.45) is 0. The van der Waals surface area contributed by atoms with E-state index in [0.717, 1.165) is 98.5 Å². The molecule has 27 aromatic rings. The Balaban J connectivity index is 0.000000110. The van der Waals surface area contributed by atoms with Crippen molar-refractivity contribution in [2.24, 2.45) is 0 Å². The first-order chi connectivity index (χ1) is 68.4. The van der Waals surface area contributed by atoms with Crippen LogP contribution in [0, 0.1) is 0 Å². The summed E-state index contributed by atoms with van der Waals surface area (Å²) in [6.45, 7) is 0. The van der Waals surface area contributed by atoms with E-state index in [1.165, 1.54) is 114 Å². The second-order valence-electron chi connectivity index (χ2n) is 34.9. The molecule has 0 radical (unpaired) electrons. The summed E-state index contributed by atoms with van der Waals surface area (Å²) in [5, 5.41) is 28.8. The molecular weight excluding hydrogens is 1680 g/mol. The summed E-state index contributed by atoms with van der Waals surface area (Å²) in [7, 11) is 0. The molecule has 642 valence electrons. The molecule has 0 unspecified atom stereocenters. The van der Waals surface area contributed by atoms with Crippen LogP contribution in [-0.4, -0.2) is 44.9 Å². The second kappa shape index (κ2) is 35.2. The van der Waals surface area contributed by atoms with Crippen LogP contribution in [0.5, 0.6) is 0 Å². The Hall–Kier alpha value is -18.6. The minimum atomic E-state index is 0.655. The van der Waals surface area contributed by atoms with Gasteiger partial charge in [-0.15, -0.1) is 0 Å². The monoisotopic (exact) mass is 1760 g/mol. The van der Waals surface area contributed by atoms with Crippen molar-refractivity contribution in [1.82, 2.24) is 44.9 Å². The minimum absolute atomic E-state index is 0.655. The lowest BCUT2D eigenvalue weighted by atomic mass is 9.90. The number of fused-ring (bicyclic) bond motifs is 15. The van der Waals surface area contributed by atoms with E-state index >= 15 is 0 Å². The van der Waals surface area contributed by atoms with Gasteiger partial charge in [-0.3, -0.25) is 0 Å². The van der Waals surface area contributed by atoms with E-state index in [4.69, 9.17) is 44.9 Å². The lowest BCUT2D eigenvalue weighted by molar-refractivity contribution is 1.08. The summed E-state index contributed by atoms with van der Waals surface area (Å²) in [5.74, 6) is 5.91. The smallest absolute Gasteiger partial charge is 0.164 e. The lowest BCUT2D eigenvalue weighted by Crippen LogP contribution is -2.00. The average molecular weight is 1760 g/mol. The first kappa shape index (κ1) is 81.4. The van der Waals surface area contributed by atoms with E-state index in [1.807, 2.05) is 66.7 Å². The molecule has 0 spiro atoms. The molecule has 0 aliphatic rings. The van der Waals surface area contributed by atoms with Crippen LogP contribution in [-0.2, 0) is 0 Å². The van der Waals surface area contributed by atoms with Crippen LogP contribution in [0.1, 0.15) is 0 Å². The Bertz CT molecular complexity index is 9240. The van der Waals surface area contributed by atoms with Crippen molar-refractivity contribution < 1.29 is 0 Å². The molecule has 24 aromatic carbocycles. The summed E-state index contributed by atoms with van der Waals surface area (Å²) >= 11 is 0. The molecule has 9 heteroatoms. The van der Waals surface area contributed by atoms with Crippen LogP contribution in [0.25, 0.3) is 265 Å². The fraction of sp³-hybridized carbons (Fsp3) is 0. The number of benzene rings is 24. The van der Waals surface area contributed by atoms with E-state index in [0.29, 0.717) is 52.4 Å². The topological polar surface area (TPSA) is 116 Å². The number of rotatable bonds is 12. The van der Waals surface area contributed by atoms with Gasteiger partial charge < -0.3 is 0 Å². The first-order valence-corrected chi connectivity index (χ1v) is 46.6. The van der Waals surface area contributed by atoms with E-state index in [9.17, 15) is 0 Å². The van der Waals surface area contributed by atoms with Crippen molar-refractivity contribution in [2.45, 2.75) is 0 Å². The summed E-state index contributed by atoms with van der Waals surface area (Å²) < 4.78 is 0. The molecular formula is C129H81N9. The van der Waals surface area contributed by atoms with E-state index in [1.54, 1.807) is 0 Å². The molecule has 0 bridgehead atoms. The van der Waals surface area contributed by atoms with Gasteiger partial charge >= 0.3 is 0 Å². The van der Waals surface area contributed by atoms with Crippen molar-refractivity contribution in [3.05, 3.63) is 491 Å². The van der Waals surface area contributed by atoms with Crippen LogP contribution in [0.2, 0.25) is 0 Å². The molecule has 0 N–H and O–H groups in total. The normalized spacial score (nSPS) is 11.5. The number of nitrogens with zero attached hydrogens (tertiary/aromatic N) is 9. The SMILES string of the molecule is c1ccc(-c2nc(-c3ccc4ccccc4c3)nc(-c3cccc4c(-c5cc6ccccc6c6ccccc56)cccc34)n2)cc1.c1ccc(-c2nc(-c3ccc4ccccc4c3)nc(-c3cccc4c(-c5cccc6ccc7ccccc7c56)cccc34)n2)cc1.c1ccc(-c2nc(-c3ccc4ccccc4c3)nc(-c3cccc4cc(-c5cc6ccccc6c6ccccc56)ccc34)n2)cc1. The summed E-state index contributed by atoms with van der Waals surface area (Å²) in [5.41, 5.74) is 15.9. The molecule has 0 amide bonds. The molecule has 0 aliphatic heterocycles. The molecule has 9 nitrogen and oxygen atoms in total. The van der Waals surface area contributed by atoms with Crippen LogP contribution >= 0.6 is 0 Å². The number of aromatic nitrogens is 9. The Kier molecular flexibility index (Phi) is 20.8. The Morgan fingerprint density at radius 2 is 0.341 bits per heavy atom. The lowest BCUT2D eigenvalue weighted by Gasteiger charge is -2.15. The van der Waals surface area contributed by atoms with Gasteiger partial charge in [-0.05, 0) is 199 Å². The zero-order chi connectivity index (χ0) is 91.4. The van der Waals surface area contributed by atoms with Gasteiger partial charge in [0.25, 0.3) is 0 Å². The largest absolute Gasteiger partial charge is 0.208 e. The van der Waals surface area contributed by atoms with Crippen molar-refractivity contribution in [3.8, 4) is 136 Å². The van der Waals surface area contributed by atoms with Gasteiger partial charge in [-0.2, -0.15) is 0 Å². The molecule has 138 heavy (non-hydrogen) atoms. The quantitative estimate of drug-likeness (QED) is 0.110. The summed E-state index contributed by atoms with van der Waals surface area (Å²) in [6, 6.07) is 173. The highest BCUT2D eigenvalue weighted by atomic mass is 15.1. The molecule has 0 aliphatic carbocycles. The predicted molar refractivity (Wildman–Crippen MR) is 575 cm³/mol. The zero-order valence-electron chi connectivity index (χ0n) is 74.8. The molecule has 3 heterocycles. The maximum Gasteiger partial charge on any atom is 0.164 e. The zero-order valence-corrected chi connectivity index (χ0v) is 74.8. The highest BCUT2D eigenvalue weighted by Crippen LogP contribution is 2.46. The average Bonchev–Trinajstić information content (AvgIpc) is 0.747. The molecule has 0 saturated heterocycles.